The predicted octanol–water partition coefficient (Wildman–Crippen LogP) is 1.88. The van der Waals surface area contributed by atoms with Gasteiger partial charge in [-0.1, -0.05) is 0 Å². The molecule has 0 aliphatic carbocycles. The number of nitrogens with zero attached hydrogens (tertiary/aromatic N) is 1. The molecule has 0 saturated heterocycles. The fourth-order valence-electron chi connectivity index (χ4n) is 2.29. The van der Waals surface area contributed by atoms with Crippen LogP contribution in [0, 0.1) is 0 Å². The highest BCUT2D eigenvalue weighted by Crippen LogP contribution is 2.25. The Kier molecular flexibility index (Phi) is 9.86. The number of amides is 1. The Bertz CT molecular complexity index is 614. The molecule has 0 saturated carbocycles. The Hall–Kier alpha value is -2.54. The van der Waals surface area contributed by atoms with Gasteiger partial charge in [0.2, 0.25) is 5.91 Å². The van der Waals surface area contributed by atoms with E-state index in [9.17, 15) is 9.59 Å². The third kappa shape index (κ3) is 7.14. The first-order valence-electron chi connectivity index (χ1n) is 8.51. The molecule has 0 unspecified atom stereocenters. The van der Waals surface area contributed by atoms with Gasteiger partial charge in [-0.25, -0.2) is 0 Å². The summed E-state index contributed by atoms with van der Waals surface area (Å²) < 4.78 is 15.4. The van der Waals surface area contributed by atoms with Gasteiger partial charge in [0, 0.05) is 31.3 Å². The lowest BCUT2D eigenvalue weighted by Crippen LogP contribution is -2.33. The minimum Gasteiger partial charge on any atom is -0.497 e. The van der Waals surface area contributed by atoms with E-state index in [1.54, 1.807) is 45.4 Å². The molecule has 0 atom stereocenters. The minimum atomic E-state index is -0.354. The lowest BCUT2D eigenvalue weighted by atomic mass is 10.1. The number of carbonyl (C=O) groups excluding carboxylic acids is 2. The molecule has 1 aromatic carbocycles. The molecule has 0 radical (unpaired) electrons. The van der Waals surface area contributed by atoms with Gasteiger partial charge in [-0.2, -0.15) is 0 Å². The first-order chi connectivity index (χ1) is 12.5. The second-order valence-corrected chi connectivity index (χ2v) is 5.40. The van der Waals surface area contributed by atoms with Gasteiger partial charge >= 0.3 is 5.97 Å². The maximum atomic E-state index is 12.5. The number of aliphatic hydroxyl groups excluding tert-OH is 1. The number of esters is 1. The average Bonchev–Trinajstić information content (AvgIpc) is 2.66. The van der Waals surface area contributed by atoms with E-state index < -0.39 is 0 Å². The van der Waals surface area contributed by atoms with E-state index in [4.69, 9.17) is 19.3 Å². The first kappa shape index (κ1) is 21.5. The summed E-state index contributed by atoms with van der Waals surface area (Å²) in [5.41, 5.74) is 0.702. The topological polar surface area (TPSA) is 85.3 Å². The van der Waals surface area contributed by atoms with Crippen molar-refractivity contribution in [3.8, 4) is 11.5 Å². The fraction of sp³-hybridized carbons (Fsp3) is 0.474. The van der Waals surface area contributed by atoms with Gasteiger partial charge in [-0.05, 0) is 37.6 Å². The lowest BCUT2D eigenvalue weighted by Gasteiger charge is -2.20. The van der Waals surface area contributed by atoms with Crippen molar-refractivity contribution < 1.29 is 28.9 Å². The van der Waals surface area contributed by atoms with E-state index >= 15 is 0 Å². The van der Waals surface area contributed by atoms with Gasteiger partial charge in [-0.3, -0.25) is 9.59 Å². The molecule has 0 fully saturated rings. The van der Waals surface area contributed by atoms with Crippen LogP contribution in [0.25, 0.3) is 6.08 Å². The van der Waals surface area contributed by atoms with Crippen LogP contribution in [-0.4, -0.2) is 62.4 Å². The lowest BCUT2D eigenvalue weighted by molar-refractivity contribution is -0.143. The largest absolute Gasteiger partial charge is 0.497 e. The van der Waals surface area contributed by atoms with Crippen molar-refractivity contribution in [2.24, 2.45) is 0 Å². The van der Waals surface area contributed by atoms with E-state index in [0.717, 1.165) is 0 Å². The van der Waals surface area contributed by atoms with Crippen LogP contribution in [0.5, 0.6) is 11.5 Å². The molecule has 144 valence electrons. The molecule has 0 spiro atoms. The van der Waals surface area contributed by atoms with Gasteiger partial charge in [0.25, 0.3) is 0 Å². The second kappa shape index (κ2) is 11.9. The van der Waals surface area contributed by atoms with Gasteiger partial charge < -0.3 is 24.2 Å². The van der Waals surface area contributed by atoms with Crippen molar-refractivity contribution in [1.82, 2.24) is 4.90 Å². The Morgan fingerprint density at radius 3 is 2.58 bits per heavy atom. The highest BCUT2D eigenvalue weighted by Gasteiger charge is 2.13. The molecule has 0 aliphatic rings. The number of hydrogen-bond donors (Lipinski definition) is 1. The number of aliphatic hydroxyl groups is 1. The fourth-order valence-corrected chi connectivity index (χ4v) is 2.29. The smallest absolute Gasteiger partial charge is 0.307 e. The minimum absolute atomic E-state index is 0.0311. The molecule has 0 heterocycles. The molecule has 1 amide bonds. The zero-order valence-electron chi connectivity index (χ0n) is 15.6. The van der Waals surface area contributed by atoms with Crippen molar-refractivity contribution in [2.75, 3.05) is 40.5 Å². The summed E-state index contributed by atoms with van der Waals surface area (Å²) >= 11 is 0. The Morgan fingerprint density at radius 1 is 1.19 bits per heavy atom. The van der Waals surface area contributed by atoms with Crippen LogP contribution < -0.4 is 9.47 Å². The summed E-state index contributed by atoms with van der Waals surface area (Å²) in [6.45, 7) is 2.60. The normalized spacial score (nSPS) is 10.6. The number of ether oxygens (including phenoxy) is 3. The Labute approximate surface area is 154 Å². The summed E-state index contributed by atoms with van der Waals surface area (Å²) in [5.74, 6) is 0.654. The summed E-state index contributed by atoms with van der Waals surface area (Å²) in [6.07, 6.45) is 3.60. The van der Waals surface area contributed by atoms with E-state index in [1.807, 2.05) is 0 Å². The van der Waals surface area contributed by atoms with E-state index in [2.05, 4.69) is 0 Å². The Morgan fingerprint density at radius 2 is 1.96 bits per heavy atom. The van der Waals surface area contributed by atoms with Crippen LogP contribution in [0.4, 0.5) is 0 Å². The third-order valence-electron chi connectivity index (χ3n) is 3.63. The highest BCUT2D eigenvalue weighted by atomic mass is 16.5. The molecule has 1 aromatic rings. The molecular weight excluding hydrogens is 338 g/mol. The number of carbonyl (C=O) groups is 2. The van der Waals surface area contributed by atoms with Gasteiger partial charge in [0.05, 0.1) is 27.2 Å². The van der Waals surface area contributed by atoms with Gasteiger partial charge in [0.1, 0.15) is 11.5 Å². The molecule has 0 aliphatic heterocycles. The van der Waals surface area contributed by atoms with Crippen LogP contribution >= 0.6 is 0 Å². The van der Waals surface area contributed by atoms with Crippen LogP contribution in [-0.2, 0) is 14.3 Å². The quantitative estimate of drug-likeness (QED) is 0.476. The number of methoxy groups -OCH3 is 2. The molecule has 0 bridgehead atoms. The first-order valence-corrected chi connectivity index (χ1v) is 8.51. The monoisotopic (exact) mass is 365 g/mol. The van der Waals surface area contributed by atoms with Crippen LogP contribution in [0.2, 0.25) is 0 Å². The summed E-state index contributed by atoms with van der Waals surface area (Å²) in [4.78, 5) is 25.5. The van der Waals surface area contributed by atoms with Gasteiger partial charge in [-0.15, -0.1) is 0 Å². The van der Waals surface area contributed by atoms with E-state index in [1.165, 1.54) is 11.0 Å². The maximum absolute atomic E-state index is 12.5. The molecule has 1 rings (SSSR count). The molecule has 7 heteroatoms. The van der Waals surface area contributed by atoms with Crippen LogP contribution in [0.1, 0.15) is 25.3 Å². The third-order valence-corrected chi connectivity index (χ3v) is 3.63. The van der Waals surface area contributed by atoms with Crippen molar-refractivity contribution >= 4 is 18.0 Å². The average molecular weight is 365 g/mol. The van der Waals surface area contributed by atoms with Crippen molar-refractivity contribution in [3.63, 3.8) is 0 Å². The molecule has 1 N–H and O–H groups in total. The van der Waals surface area contributed by atoms with Crippen LogP contribution in [0.15, 0.2) is 24.3 Å². The second-order valence-electron chi connectivity index (χ2n) is 5.40. The van der Waals surface area contributed by atoms with Crippen molar-refractivity contribution in [2.45, 2.75) is 19.8 Å². The molecule has 0 aromatic heterocycles. The standard InChI is InChI=1S/C19H27NO6/c1-4-26-19(23)10-12-20(11-5-13-21)18(22)9-6-15-14-16(24-2)7-8-17(15)25-3/h6-9,14,21H,4-5,10-13H2,1-3H3/b9-6+. The number of benzene rings is 1. The molecular formula is C19H27NO6. The van der Waals surface area contributed by atoms with Crippen molar-refractivity contribution in [3.05, 3.63) is 29.8 Å². The van der Waals surface area contributed by atoms with Gasteiger partial charge in [0.15, 0.2) is 0 Å². The number of hydrogen-bond acceptors (Lipinski definition) is 6. The summed E-state index contributed by atoms with van der Waals surface area (Å²) in [7, 11) is 3.11. The summed E-state index contributed by atoms with van der Waals surface area (Å²) in [5, 5.41) is 9.01. The van der Waals surface area contributed by atoms with Crippen molar-refractivity contribution in [1.29, 1.82) is 0 Å². The van der Waals surface area contributed by atoms with E-state index in [0.29, 0.717) is 36.6 Å². The SMILES string of the molecule is CCOC(=O)CCN(CCCO)C(=O)/C=C/c1cc(OC)ccc1OC. The summed E-state index contributed by atoms with van der Waals surface area (Å²) in [6, 6.07) is 5.29. The number of rotatable bonds is 11. The Balaban J connectivity index is 2.84. The van der Waals surface area contributed by atoms with E-state index in [-0.39, 0.29) is 31.4 Å². The zero-order chi connectivity index (χ0) is 19.4. The highest BCUT2D eigenvalue weighted by molar-refractivity contribution is 5.92. The predicted molar refractivity (Wildman–Crippen MR) is 98.1 cm³/mol. The van der Waals surface area contributed by atoms with Crippen LogP contribution in [0.3, 0.4) is 0 Å². The maximum Gasteiger partial charge on any atom is 0.307 e. The molecule has 7 nitrogen and oxygen atoms in total. The molecule has 26 heavy (non-hydrogen) atoms. The zero-order valence-corrected chi connectivity index (χ0v) is 15.6.